The van der Waals surface area contributed by atoms with Crippen LogP contribution in [-0.2, 0) is 4.79 Å². The molecule has 0 unspecified atom stereocenters. The number of aliphatic hydroxyl groups is 1. The van der Waals surface area contributed by atoms with Crippen LogP contribution in [0.15, 0.2) is 0 Å². The van der Waals surface area contributed by atoms with Crippen LogP contribution in [0, 0.1) is 58.1 Å². The van der Waals surface area contributed by atoms with Crippen molar-refractivity contribution in [3.63, 3.8) is 0 Å². The molecule has 0 saturated heterocycles. The van der Waals surface area contributed by atoms with E-state index in [1.165, 1.54) is 12.8 Å². The van der Waals surface area contributed by atoms with Gasteiger partial charge in [0, 0.05) is 16.4 Å². The molecule has 0 aromatic rings. The predicted octanol–water partition coefficient (Wildman–Crippen LogP) is 6.89. The number of rotatable bonds is 5. The summed E-state index contributed by atoms with van der Waals surface area (Å²) in [5, 5.41) is 10.3. The van der Waals surface area contributed by atoms with Crippen molar-refractivity contribution >= 4 is 5.78 Å². The molecule has 4 saturated carbocycles. The zero-order chi connectivity index (χ0) is 24.6. The second kappa shape index (κ2) is 8.20. The number of hydrogen-bond donors (Lipinski definition) is 1. The Morgan fingerprint density at radius 2 is 1.70 bits per heavy atom. The van der Waals surface area contributed by atoms with Crippen LogP contribution in [0.5, 0.6) is 0 Å². The second-order valence-electron chi connectivity index (χ2n) is 12.5. The van der Waals surface area contributed by atoms with Gasteiger partial charge in [0.25, 0.3) is 0 Å². The largest absolute Gasteiger partial charge is 0.393 e. The molecule has 0 heterocycles. The fourth-order valence-electron chi connectivity index (χ4n) is 8.28. The average Bonchev–Trinajstić information content (AvgIpc) is 3.09. The molecular formula is C28H48O2. The minimum absolute atomic E-state index is 0.0586. The van der Waals surface area contributed by atoms with Crippen LogP contribution in [0.3, 0.4) is 0 Å². The molecule has 0 spiro atoms. The molecule has 10 atom stereocenters. The van der Waals surface area contributed by atoms with E-state index in [1.54, 1.807) is 0 Å². The number of carbonyl (C=O) groups excluding carboxylic acids is 1. The molecule has 0 radical (unpaired) electrons. The minimum atomic E-state index is -1.97. The lowest BCUT2D eigenvalue weighted by Crippen LogP contribution is -2.57. The van der Waals surface area contributed by atoms with Crippen LogP contribution < -0.4 is 0 Å². The third kappa shape index (κ3) is 3.61. The van der Waals surface area contributed by atoms with E-state index in [4.69, 9.17) is 2.74 Å². The van der Waals surface area contributed by atoms with Crippen molar-refractivity contribution < 1.29 is 14.0 Å². The van der Waals surface area contributed by atoms with E-state index in [0.717, 1.165) is 31.6 Å². The number of Topliss-reactive ketones (excluding diaryl/α,β-unsaturated/α-hetero) is 1. The number of hydrogen-bond acceptors (Lipinski definition) is 2. The van der Waals surface area contributed by atoms with Gasteiger partial charge >= 0.3 is 0 Å². The molecule has 1 N–H and O–H groups in total. The van der Waals surface area contributed by atoms with Gasteiger partial charge in [0.15, 0.2) is 0 Å². The Labute approximate surface area is 190 Å². The maximum atomic E-state index is 13.7. The summed E-state index contributed by atoms with van der Waals surface area (Å²) in [5.41, 5.74) is -0.445. The van der Waals surface area contributed by atoms with Crippen molar-refractivity contribution in [2.24, 2.45) is 58.1 Å². The highest BCUT2D eigenvalue weighted by atomic mass is 16.3. The van der Waals surface area contributed by atoms with Crippen LogP contribution >= 0.6 is 0 Å². The first-order valence-electron chi connectivity index (χ1n) is 14.4. The number of carbonyl (C=O) groups is 1. The summed E-state index contributed by atoms with van der Waals surface area (Å²) in [7, 11) is 0. The van der Waals surface area contributed by atoms with Gasteiger partial charge in [-0.3, -0.25) is 4.79 Å². The molecule has 4 aliphatic rings. The second-order valence-corrected chi connectivity index (χ2v) is 12.5. The van der Waals surface area contributed by atoms with E-state index in [-0.39, 0.29) is 29.6 Å². The first-order valence-corrected chi connectivity index (χ1v) is 12.9. The lowest BCUT2D eigenvalue weighted by molar-refractivity contribution is -0.160. The predicted molar refractivity (Wildman–Crippen MR) is 124 cm³/mol. The highest BCUT2D eigenvalue weighted by Crippen LogP contribution is 2.67. The first-order chi connectivity index (χ1) is 15.2. The monoisotopic (exact) mass is 422 g/mol. The molecule has 0 aliphatic heterocycles. The molecule has 0 aromatic heterocycles. The van der Waals surface area contributed by atoms with E-state index in [9.17, 15) is 11.3 Å². The molecule has 2 nitrogen and oxygen atoms in total. The van der Waals surface area contributed by atoms with Gasteiger partial charge in [-0.25, -0.2) is 0 Å². The SMILES string of the molecule is [3H]C1([3H])C(=O)[C@@]2([3H])C[C@@H](O)CC[C@]2(C)[C@H]2CC[C@]3(C)[C@@H]([C@H](C)CC[C@H](C)C(C)C)CC[C@H]3[C@@H]21. The van der Waals surface area contributed by atoms with Crippen molar-refractivity contribution in [3.05, 3.63) is 0 Å². The Balaban J connectivity index is 1.62. The van der Waals surface area contributed by atoms with E-state index in [2.05, 4.69) is 41.5 Å². The molecule has 0 aromatic carbocycles. The minimum Gasteiger partial charge on any atom is -0.393 e. The molecule has 4 fully saturated rings. The van der Waals surface area contributed by atoms with Crippen molar-refractivity contribution in [1.29, 1.82) is 0 Å². The van der Waals surface area contributed by atoms with Gasteiger partial charge in [0.2, 0.25) is 0 Å². The molecule has 2 heteroatoms. The summed E-state index contributed by atoms with van der Waals surface area (Å²) in [6, 6.07) is 0. The maximum Gasteiger partial charge on any atom is 0.136 e. The fraction of sp³-hybridized carbons (Fsp3) is 0.964. The summed E-state index contributed by atoms with van der Waals surface area (Å²) in [5.74, 6) is 0.613. The van der Waals surface area contributed by atoms with Crippen molar-refractivity contribution in [2.75, 3.05) is 0 Å². The summed E-state index contributed by atoms with van der Waals surface area (Å²) in [6.07, 6.45) is 5.42. The van der Waals surface area contributed by atoms with Crippen molar-refractivity contribution in [2.45, 2.75) is 112 Å². The molecule has 172 valence electrons. The van der Waals surface area contributed by atoms with Gasteiger partial charge in [0.1, 0.15) is 5.78 Å². The molecule has 4 aliphatic carbocycles. The Morgan fingerprint density at radius 3 is 2.40 bits per heavy atom. The zero-order valence-corrected chi connectivity index (χ0v) is 20.3. The smallest absolute Gasteiger partial charge is 0.136 e. The summed E-state index contributed by atoms with van der Waals surface area (Å²) >= 11 is 0. The van der Waals surface area contributed by atoms with Gasteiger partial charge < -0.3 is 5.11 Å². The standard InChI is InChI=1S/C28H48O2/c1-17(2)18(3)7-8-19(4)22-9-10-23-21-16-26(30)25-15-20(29)11-13-28(25,6)24(21)12-14-27(22,23)5/h17-25,29H,7-16H2,1-6H3/t18-,19+,20-,21-,22+,23-,24-,25+,27+,28+/m0/s1/i16T2,25T. The zero-order valence-electron chi connectivity index (χ0n) is 23.3. The quantitative estimate of drug-likeness (QED) is 0.523. The van der Waals surface area contributed by atoms with Gasteiger partial charge in [0.05, 0.1) is 6.10 Å². The Hall–Kier alpha value is -0.370. The van der Waals surface area contributed by atoms with Crippen LogP contribution in [0.1, 0.15) is 110 Å². The highest BCUT2D eigenvalue weighted by molar-refractivity contribution is 5.83. The Bertz CT molecular complexity index is 768. The van der Waals surface area contributed by atoms with Crippen LogP contribution in [0.25, 0.3) is 0 Å². The molecular weight excluding hydrogens is 368 g/mol. The number of fused-ring (bicyclic) bond motifs is 5. The van der Waals surface area contributed by atoms with Gasteiger partial charge in [-0.1, -0.05) is 54.4 Å². The topological polar surface area (TPSA) is 37.3 Å². The lowest BCUT2D eigenvalue weighted by atomic mass is 9.44. The Morgan fingerprint density at radius 1 is 1.03 bits per heavy atom. The highest BCUT2D eigenvalue weighted by Gasteiger charge is 2.62. The van der Waals surface area contributed by atoms with Crippen LogP contribution in [0.2, 0.25) is 0 Å². The number of aliphatic hydroxyl groups excluding tert-OH is 1. The first kappa shape index (κ1) is 19.1. The molecule has 4 rings (SSSR count). The van der Waals surface area contributed by atoms with E-state index in [1.807, 2.05) is 0 Å². The molecule has 0 bridgehead atoms. The molecule has 0 amide bonds. The maximum absolute atomic E-state index is 13.7. The van der Waals surface area contributed by atoms with Gasteiger partial charge in [-0.15, -0.1) is 0 Å². The summed E-state index contributed by atoms with van der Waals surface area (Å²) in [4.78, 5) is 13.7. The summed E-state index contributed by atoms with van der Waals surface area (Å²) in [6.45, 7) is 13.9. The van der Waals surface area contributed by atoms with Crippen molar-refractivity contribution in [3.8, 4) is 0 Å². The lowest BCUT2D eigenvalue weighted by Gasteiger charge is -2.60. The average molecular weight is 423 g/mol. The summed E-state index contributed by atoms with van der Waals surface area (Å²) < 4.78 is 27.4. The Kier molecular flexibility index (Phi) is 5.23. The third-order valence-corrected chi connectivity index (χ3v) is 10.8. The van der Waals surface area contributed by atoms with E-state index >= 15 is 0 Å². The van der Waals surface area contributed by atoms with Crippen LogP contribution in [-0.4, -0.2) is 17.0 Å². The molecule has 30 heavy (non-hydrogen) atoms. The van der Waals surface area contributed by atoms with E-state index in [0.29, 0.717) is 30.6 Å². The normalized spacial score (nSPS) is 53.7. The van der Waals surface area contributed by atoms with Crippen molar-refractivity contribution in [1.82, 2.24) is 0 Å². The van der Waals surface area contributed by atoms with Gasteiger partial charge in [-0.2, -0.15) is 0 Å². The van der Waals surface area contributed by atoms with E-state index < -0.39 is 29.6 Å². The number of ketones is 1. The third-order valence-electron chi connectivity index (χ3n) is 10.8. The fourth-order valence-corrected chi connectivity index (χ4v) is 8.28. The van der Waals surface area contributed by atoms with Gasteiger partial charge in [-0.05, 0) is 97.2 Å². The van der Waals surface area contributed by atoms with Crippen LogP contribution in [0.4, 0.5) is 0 Å².